The SMILES string of the molecule is CC(NCCN1CCOCC1)C1(c2ccccc2)CCC1. The van der Waals surface area contributed by atoms with Crippen LogP contribution in [0.3, 0.4) is 0 Å². The van der Waals surface area contributed by atoms with Crippen molar-refractivity contribution in [3.8, 4) is 0 Å². The van der Waals surface area contributed by atoms with E-state index < -0.39 is 0 Å². The van der Waals surface area contributed by atoms with Crippen molar-refractivity contribution >= 4 is 0 Å². The van der Waals surface area contributed by atoms with Gasteiger partial charge in [-0.15, -0.1) is 0 Å². The summed E-state index contributed by atoms with van der Waals surface area (Å²) >= 11 is 0. The van der Waals surface area contributed by atoms with Crippen LogP contribution in [-0.2, 0) is 10.2 Å². The van der Waals surface area contributed by atoms with Crippen molar-refractivity contribution in [2.45, 2.75) is 37.6 Å². The first-order valence-electron chi connectivity index (χ1n) is 8.40. The van der Waals surface area contributed by atoms with Crippen LogP contribution in [0.1, 0.15) is 31.7 Å². The summed E-state index contributed by atoms with van der Waals surface area (Å²) in [7, 11) is 0. The summed E-state index contributed by atoms with van der Waals surface area (Å²) in [5, 5.41) is 3.79. The van der Waals surface area contributed by atoms with Crippen LogP contribution in [0.4, 0.5) is 0 Å². The van der Waals surface area contributed by atoms with E-state index in [1.54, 1.807) is 0 Å². The second kappa shape index (κ2) is 6.91. The van der Waals surface area contributed by atoms with Crippen LogP contribution >= 0.6 is 0 Å². The summed E-state index contributed by atoms with van der Waals surface area (Å²) in [6.07, 6.45) is 4.01. The van der Waals surface area contributed by atoms with E-state index in [0.29, 0.717) is 11.5 Å². The lowest BCUT2D eigenvalue weighted by Gasteiger charge is -2.47. The van der Waals surface area contributed by atoms with Crippen LogP contribution < -0.4 is 5.32 Å². The van der Waals surface area contributed by atoms with Crippen LogP contribution in [0.5, 0.6) is 0 Å². The molecule has 3 rings (SSSR count). The summed E-state index contributed by atoms with van der Waals surface area (Å²) in [5.41, 5.74) is 1.88. The fourth-order valence-corrected chi connectivity index (χ4v) is 3.76. The minimum atomic E-state index is 0.367. The van der Waals surface area contributed by atoms with Gasteiger partial charge < -0.3 is 10.1 Å². The standard InChI is InChI=1S/C18H28N2O/c1-16(19-10-11-20-12-14-21-15-13-20)18(8-5-9-18)17-6-3-2-4-7-17/h2-4,6-7,16,19H,5,8-15H2,1H3. The van der Waals surface area contributed by atoms with Gasteiger partial charge in [-0.1, -0.05) is 36.8 Å². The minimum absolute atomic E-state index is 0.367. The maximum Gasteiger partial charge on any atom is 0.0594 e. The van der Waals surface area contributed by atoms with Crippen LogP contribution in [0, 0.1) is 0 Å². The average molecular weight is 288 g/mol. The quantitative estimate of drug-likeness (QED) is 0.870. The van der Waals surface area contributed by atoms with Crippen molar-refractivity contribution in [1.29, 1.82) is 0 Å². The lowest BCUT2D eigenvalue weighted by Crippen LogP contribution is -2.52. The molecule has 1 unspecified atom stereocenters. The molecule has 0 aromatic heterocycles. The van der Waals surface area contributed by atoms with Crippen molar-refractivity contribution < 1.29 is 4.74 Å². The highest BCUT2D eigenvalue weighted by atomic mass is 16.5. The molecular weight excluding hydrogens is 260 g/mol. The Morgan fingerprint density at radius 1 is 1.19 bits per heavy atom. The Balaban J connectivity index is 1.52. The van der Waals surface area contributed by atoms with Crippen LogP contribution in [-0.4, -0.2) is 50.3 Å². The molecule has 1 N–H and O–H groups in total. The molecule has 1 aliphatic carbocycles. The number of nitrogens with one attached hydrogen (secondary N) is 1. The number of morpholine rings is 1. The third-order valence-electron chi connectivity index (χ3n) is 5.41. The summed E-state index contributed by atoms with van der Waals surface area (Å²) in [6, 6.07) is 11.6. The molecule has 0 bridgehead atoms. The molecule has 3 nitrogen and oxygen atoms in total. The molecule has 1 saturated carbocycles. The van der Waals surface area contributed by atoms with Crippen LogP contribution in [0.15, 0.2) is 30.3 Å². The number of hydrogen-bond donors (Lipinski definition) is 1. The summed E-state index contributed by atoms with van der Waals surface area (Å²) < 4.78 is 5.40. The van der Waals surface area contributed by atoms with E-state index in [-0.39, 0.29) is 0 Å². The number of ether oxygens (including phenoxy) is 1. The van der Waals surface area contributed by atoms with Gasteiger partial charge in [0.05, 0.1) is 13.2 Å². The average Bonchev–Trinajstić information content (AvgIpc) is 2.48. The molecule has 3 heteroatoms. The van der Waals surface area contributed by atoms with Crippen LogP contribution in [0.2, 0.25) is 0 Å². The molecule has 1 aliphatic heterocycles. The van der Waals surface area contributed by atoms with Gasteiger partial charge in [0.15, 0.2) is 0 Å². The molecule has 2 aliphatic rings. The zero-order chi connectivity index (χ0) is 14.5. The molecule has 2 fully saturated rings. The number of nitrogens with zero attached hydrogens (tertiary/aromatic N) is 1. The van der Waals surface area contributed by atoms with Gasteiger partial charge in [-0.2, -0.15) is 0 Å². The van der Waals surface area contributed by atoms with E-state index in [2.05, 4.69) is 47.5 Å². The Bertz CT molecular complexity index is 424. The van der Waals surface area contributed by atoms with Gasteiger partial charge in [-0.3, -0.25) is 4.90 Å². The number of rotatable bonds is 6. The van der Waals surface area contributed by atoms with Gasteiger partial charge in [0.1, 0.15) is 0 Å². The zero-order valence-corrected chi connectivity index (χ0v) is 13.2. The van der Waals surface area contributed by atoms with Crippen molar-refractivity contribution in [1.82, 2.24) is 10.2 Å². The predicted molar refractivity (Wildman–Crippen MR) is 86.7 cm³/mol. The third kappa shape index (κ3) is 3.31. The number of benzene rings is 1. The molecular formula is C18H28N2O. The monoisotopic (exact) mass is 288 g/mol. The molecule has 1 aromatic carbocycles. The lowest BCUT2D eigenvalue weighted by atomic mass is 9.60. The molecule has 116 valence electrons. The predicted octanol–water partition coefficient (Wildman–Crippen LogP) is 2.42. The Morgan fingerprint density at radius 2 is 1.90 bits per heavy atom. The largest absolute Gasteiger partial charge is 0.379 e. The molecule has 0 spiro atoms. The van der Waals surface area contributed by atoms with Crippen molar-refractivity contribution in [2.75, 3.05) is 39.4 Å². The first-order chi connectivity index (χ1) is 10.3. The van der Waals surface area contributed by atoms with E-state index in [4.69, 9.17) is 4.74 Å². The Labute approximate surface area is 128 Å². The molecule has 0 amide bonds. The lowest BCUT2D eigenvalue weighted by molar-refractivity contribution is 0.0374. The highest BCUT2D eigenvalue weighted by Gasteiger charge is 2.42. The second-order valence-corrected chi connectivity index (χ2v) is 6.51. The summed E-state index contributed by atoms with van der Waals surface area (Å²) in [5.74, 6) is 0. The summed E-state index contributed by atoms with van der Waals surface area (Å²) in [4.78, 5) is 2.50. The zero-order valence-electron chi connectivity index (χ0n) is 13.2. The topological polar surface area (TPSA) is 24.5 Å². The molecule has 1 atom stereocenters. The normalized spacial score (nSPS) is 23.5. The van der Waals surface area contributed by atoms with Gasteiger partial charge >= 0.3 is 0 Å². The summed E-state index contributed by atoms with van der Waals surface area (Å²) in [6.45, 7) is 8.53. The minimum Gasteiger partial charge on any atom is -0.379 e. The molecule has 1 aromatic rings. The maximum atomic E-state index is 5.40. The fraction of sp³-hybridized carbons (Fsp3) is 0.667. The van der Waals surface area contributed by atoms with E-state index in [9.17, 15) is 0 Å². The second-order valence-electron chi connectivity index (χ2n) is 6.51. The van der Waals surface area contributed by atoms with Crippen molar-refractivity contribution in [2.24, 2.45) is 0 Å². The Hall–Kier alpha value is -0.900. The Morgan fingerprint density at radius 3 is 2.52 bits per heavy atom. The van der Waals surface area contributed by atoms with Gasteiger partial charge in [0, 0.05) is 37.6 Å². The maximum absolute atomic E-state index is 5.40. The van der Waals surface area contributed by atoms with Gasteiger partial charge in [0.2, 0.25) is 0 Å². The van der Waals surface area contributed by atoms with E-state index in [1.165, 1.54) is 24.8 Å². The molecule has 21 heavy (non-hydrogen) atoms. The van der Waals surface area contributed by atoms with E-state index in [1.807, 2.05) is 0 Å². The molecule has 0 radical (unpaired) electrons. The van der Waals surface area contributed by atoms with Gasteiger partial charge in [0.25, 0.3) is 0 Å². The van der Waals surface area contributed by atoms with Crippen LogP contribution in [0.25, 0.3) is 0 Å². The highest BCUT2D eigenvalue weighted by Crippen LogP contribution is 2.46. The molecule has 1 heterocycles. The van der Waals surface area contributed by atoms with E-state index >= 15 is 0 Å². The first kappa shape index (κ1) is 15.0. The van der Waals surface area contributed by atoms with Gasteiger partial charge in [-0.25, -0.2) is 0 Å². The van der Waals surface area contributed by atoms with E-state index in [0.717, 1.165) is 39.4 Å². The first-order valence-corrected chi connectivity index (χ1v) is 8.40. The Kier molecular flexibility index (Phi) is 4.94. The smallest absolute Gasteiger partial charge is 0.0594 e. The number of hydrogen-bond acceptors (Lipinski definition) is 3. The van der Waals surface area contributed by atoms with Crippen molar-refractivity contribution in [3.63, 3.8) is 0 Å². The van der Waals surface area contributed by atoms with Gasteiger partial charge in [-0.05, 0) is 25.3 Å². The fourth-order valence-electron chi connectivity index (χ4n) is 3.76. The molecule has 1 saturated heterocycles. The highest BCUT2D eigenvalue weighted by molar-refractivity contribution is 5.30. The third-order valence-corrected chi connectivity index (χ3v) is 5.41. The van der Waals surface area contributed by atoms with Crippen molar-refractivity contribution in [3.05, 3.63) is 35.9 Å².